The number of nitrogens with one attached hydrogen (secondary N) is 4. The van der Waals surface area contributed by atoms with E-state index < -0.39 is 24.3 Å². The minimum absolute atomic E-state index is 0.0277. The number of carbonyl (C=O) groups is 2. The maximum atomic E-state index is 12.7. The molecule has 2 fully saturated rings. The summed E-state index contributed by atoms with van der Waals surface area (Å²) in [5, 5.41) is 29.2. The second-order valence-corrected chi connectivity index (χ2v) is 10.4. The molecule has 1 unspecified atom stereocenters. The molecule has 12 nitrogen and oxygen atoms in total. The van der Waals surface area contributed by atoms with Crippen LogP contribution in [0.1, 0.15) is 18.4 Å². The molecule has 2 aliphatic rings. The van der Waals surface area contributed by atoms with E-state index in [1.54, 1.807) is 63.7 Å². The van der Waals surface area contributed by atoms with Crippen molar-refractivity contribution in [2.24, 2.45) is 5.92 Å². The molecule has 43 heavy (non-hydrogen) atoms. The smallest absolute Gasteiger partial charge is 0.381 e. The van der Waals surface area contributed by atoms with Gasteiger partial charge in [-0.15, -0.1) is 0 Å². The molecule has 1 aromatic carbocycles. The van der Waals surface area contributed by atoms with Gasteiger partial charge in [-0.25, -0.2) is 14.3 Å². The van der Waals surface area contributed by atoms with Gasteiger partial charge in [0, 0.05) is 54.5 Å². The van der Waals surface area contributed by atoms with Gasteiger partial charge in [-0.1, -0.05) is 12.1 Å². The molecule has 3 amide bonds. The molecule has 5 rings (SSSR count). The van der Waals surface area contributed by atoms with Crippen LogP contribution in [0.15, 0.2) is 48.9 Å². The number of rotatable bonds is 9. The highest BCUT2D eigenvalue weighted by Crippen LogP contribution is 2.29. The van der Waals surface area contributed by atoms with E-state index in [9.17, 15) is 28.0 Å². The van der Waals surface area contributed by atoms with E-state index in [2.05, 4.69) is 26.8 Å². The third-order valence-electron chi connectivity index (χ3n) is 7.24. The summed E-state index contributed by atoms with van der Waals surface area (Å²) in [4.78, 5) is 30.7. The monoisotopic (exact) mass is 595 g/mol. The number of amides is 3. The van der Waals surface area contributed by atoms with Crippen molar-refractivity contribution < 1.29 is 27.5 Å². The van der Waals surface area contributed by atoms with Gasteiger partial charge in [0.1, 0.15) is 6.54 Å². The van der Waals surface area contributed by atoms with E-state index in [0.29, 0.717) is 60.8 Å². The molecule has 224 valence electrons. The van der Waals surface area contributed by atoms with Gasteiger partial charge in [-0.05, 0) is 24.6 Å². The lowest BCUT2D eigenvalue weighted by atomic mass is 9.85. The van der Waals surface area contributed by atoms with Crippen LogP contribution < -0.4 is 16.0 Å². The van der Waals surface area contributed by atoms with E-state index >= 15 is 0 Å². The topological polar surface area (TPSA) is 161 Å². The number of ether oxygens (including phenoxy) is 1. The number of anilines is 1. The van der Waals surface area contributed by atoms with Crippen molar-refractivity contribution in [1.29, 1.82) is 10.7 Å². The molecule has 2 aromatic heterocycles. The fraction of sp³-hybridized carbons (Fsp3) is 0.357. The highest BCUT2D eigenvalue weighted by Gasteiger charge is 2.46. The first-order valence-corrected chi connectivity index (χ1v) is 13.4. The van der Waals surface area contributed by atoms with Crippen molar-refractivity contribution in [3.8, 4) is 17.3 Å². The van der Waals surface area contributed by atoms with Crippen LogP contribution in [0.2, 0.25) is 0 Å². The Balaban J connectivity index is 1.29. The van der Waals surface area contributed by atoms with Crippen LogP contribution >= 0.6 is 0 Å². The fourth-order valence-electron chi connectivity index (χ4n) is 5.02. The number of hydrogen-bond acceptors (Lipinski definition) is 8. The van der Waals surface area contributed by atoms with Gasteiger partial charge < -0.3 is 31.0 Å². The van der Waals surface area contributed by atoms with Crippen LogP contribution in [0.25, 0.3) is 22.5 Å². The highest BCUT2D eigenvalue weighted by atomic mass is 19.4. The minimum atomic E-state index is -4.52. The van der Waals surface area contributed by atoms with Gasteiger partial charge in [0.05, 0.1) is 48.6 Å². The molecule has 0 aliphatic carbocycles. The average Bonchev–Trinajstić information content (AvgIpc) is 3.65. The maximum Gasteiger partial charge on any atom is 0.405 e. The van der Waals surface area contributed by atoms with E-state index in [-0.39, 0.29) is 23.9 Å². The standard InChI is InChI=1S/C28H28F3N9O3/c29-28(30,31)15-35-26(42)38-22-3-1-2-18(8-22)23-13-34-24-9-20(12-37-40(23)24)21(10-33)11-36-27(5-6-32)16-39(17-27)25(41)19-4-7-43-14-19/h1-3,8-13,19,33,36H,4-5,7,14-17H2,(H2,35,38,42)/b21-11+,33-10?. The molecule has 4 N–H and O–H groups in total. The first kappa shape index (κ1) is 29.5. The summed E-state index contributed by atoms with van der Waals surface area (Å²) in [7, 11) is 0. The van der Waals surface area contributed by atoms with Crippen LogP contribution in [0.4, 0.5) is 23.7 Å². The second kappa shape index (κ2) is 12.1. The van der Waals surface area contributed by atoms with Gasteiger partial charge in [0.15, 0.2) is 5.65 Å². The van der Waals surface area contributed by atoms with Crippen LogP contribution in [-0.2, 0) is 9.53 Å². The summed E-state index contributed by atoms with van der Waals surface area (Å²) in [6, 6.07) is 9.43. The van der Waals surface area contributed by atoms with Gasteiger partial charge in [-0.2, -0.15) is 23.5 Å². The Morgan fingerprint density at radius 1 is 1.26 bits per heavy atom. The molecular formula is C28H28F3N9O3. The number of nitriles is 1. The predicted molar refractivity (Wildman–Crippen MR) is 150 cm³/mol. The molecule has 3 aromatic rings. The molecule has 0 bridgehead atoms. The molecule has 0 spiro atoms. The molecule has 0 saturated carbocycles. The summed E-state index contributed by atoms with van der Waals surface area (Å²) in [6.07, 6.45) is 2.27. The van der Waals surface area contributed by atoms with Crippen molar-refractivity contribution in [1.82, 2.24) is 30.1 Å². The SMILES string of the molecule is N#CCC1(N/C=C(\C=N)c2cnn3c(-c4cccc(NC(=O)NCC(F)(F)F)c4)cnc3c2)CN(C(=O)C2CCOC2)C1. The Bertz CT molecular complexity index is 1600. The number of likely N-dealkylation sites (tertiary alicyclic amines) is 1. The van der Waals surface area contributed by atoms with Crippen LogP contribution in [-0.4, -0.2) is 82.2 Å². The van der Waals surface area contributed by atoms with Gasteiger partial charge >= 0.3 is 12.2 Å². The summed E-state index contributed by atoms with van der Waals surface area (Å²) in [6.45, 7) is 0.284. The summed E-state index contributed by atoms with van der Waals surface area (Å²) in [5.74, 6) is -0.119. The van der Waals surface area contributed by atoms with Gasteiger partial charge in [-0.3, -0.25) is 4.79 Å². The van der Waals surface area contributed by atoms with Crippen molar-refractivity contribution in [3.63, 3.8) is 0 Å². The normalized spacial score (nSPS) is 18.0. The first-order valence-electron chi connectivity index (χ1n) is 13.4. The van der Waals surface area contributed by atoms with Gasteiger partial charge in [0.25, 0.3) is 0 Å². The third kappa shape index (κ3) is 6.75. The number of hydrogen-bond donors (Lipinski definition) is 4. The molecule has 2 aliphatic heterocycles. The number of alkyl halides is 3. The Morgan fingerprint density at radius 3 is 2.77 bits per heavy atom. The third-order valence-corrected chi connectivity index (χ3v) is 7.24. The molecule has 0 radical (unpaired) electrons. The van der Waals surface area contributed by atoms with E-state index in [0.717, 1.165) is 6.21 Å². The van der Waals surface area contributed by atoms with Gasteiger partial charge in [0.2, 0.25) is 5.91 Å². The molecular weight excluding hydrogens is 567 g/mol. The van der Waals surface area contributed by atoms with Crippen molar-refractivity contribution in [2.45, 2.75) is 24.6 Å². The Labute approximate surface area is 244 Å². The molecule has 15 heteroatoms. The number of aromatic nitrogens is 3. The number of allylic oxidation sites excluding steroid dienone is 1. The number of nitrogens with zero attached hydrogens (tertiary/aromatic N) is 5. The van der Waals surface area contributed by atoms with Crippen LogP contribution in [0.3, 0.4) is 0 Å². The Morgan fingerprint density at radius 2 is 2.07 bits per heavy atom. The first-order chi connectivity index (χ1) is 20.6. The number of benzene rings is 1. The predicted octanol–water partition coefficient (Wildman–Crippen LogP) is 3.19. The lowest BCUT2D eigenvalue weighted by Gasteiger charge is -2.50. The quantitative estimate of drug-likeness (QED) is 0.276. The van der Waals surface area contributed by atoms with E-state index in [1.807, 2.05) is 0 Å². The largest absolute Gasteiger partial charge is 0.405 e. The lowest BCUT2D eigenvalue weighted by Crippen LogP contribution is -2.69. The van der Waals surface area contributed by atoms with Crippen molar-refractivity contribution >= 4 is 35.1 Å². The average molecular weight is 596 g/mol. The molecule has 2 saturated heterocycles. The number of imidazole rings is 1. The minimum Gasteiger partial charge on any atom is -0.381 e. The van der Waals surface area contributed by atoms with E-state index in [4.69, 9.17) is 10.1 Å². The second-order valence-electron chi connectivity index (χ2n) is 10.4. The number of halogens is 3. The Hall–Kier alpha value is -4.97. The van der Waals surface area contributed by atoms with Crippen LogP contribution in [0.5, 0.6) is 0 Å². The molecule has 4 heterocycles. The van der Waals surface area contributed by atoms with Crippen molar-refractivity contribution in [2.75, 3.05) is 38.2 Å². The van der Waals surface area contributed by atoms with E-state index in [1.165, 1.54) is 0 Å². The lowest BCUT2D eigenvalue weighted by molar-refractivity contribution is -0.143. The van der Waals surface area contributed by atoms with Crippen molar-refractivity contribution in [3.05, 3.63) is 54.5 Å². The number of fused-ring (bicyclic) bond motifs is 1. The Kier molecular flexibility index (Phi) is 8.31. The highest BCUT2D eigenvalue weighted by molar-refractivity contribution is 6.08. The summed E-state index contributed by atoms with van der Waals surface area (Å²) < 4.78 is 44.0. The fourth-order valence-corrected chi connectivity index (χ4v) is 5.02. The summed E-state index contributed by atoms with van der Waals surface area (Å²) in [5.41, 5.74) is 2.37. The zero-order chi connectivity index (χ0) is 30.6. The maximum absolute atomic E-state index is 12.7. The number of carbonyl (C=O) groups excluding carboxylic acids is 2. The number of urea groups is 1. The van der Waals surface area contributed by atoms with Crippen LogP contribution in [0, 0.1) is 22.7 Å². The summed E-state index contributed by atoms with van der Waals surface area (Å²) >= 11 is 0. The zero-order valence-corrected chi connectivity index (χ0v) is 22.8. The zero-order valence-electron chi connectivity index (χ0n) is 22.8. The molecule has 1 atom stereocenters.